The maximum absolute atomic E-state index is 6.63. The topological polar surface area (TPSA) is 19.6 Å². The summed E-state index contributed by atoms with van der Waals surface area (Å²) in [6.07, 6.45) is 0. The lowest BCUT2D eigenvalue weighted by molar-refractivity contribution is 0.669. The molecule has 0 spiro atoms. The van der Waals surface area contributed by atoms with Crippen molar-refractivity contribution in [2.24, 2.45) is 0 Å². The molecule has 48 heavy (non-hydrogen) atoms. The summed E-state index contributed by atoms with van der Waals surface area (Å²) < 4.78 is 9.24. The van der Waals surface area contributed by atoms with Crippen LogP contribution < -0.4 is 9.80 Å². The molecular formula is C44H32N2OS. The zero-order valence-corrected chi connectivity index (χ0v) is 27.5. The summed E-state index contributed by atoms with van der Waals surface area (Å²) in [6, 6.07) is 56.3. The maximum atomic E-state index is 6.63. The standard InChI is InChI=1S/C44H32N2OS/c1-29-12-11-17-33(24-29)45(31-13-5-3-6-14-31)34-20-22-40-39(27-34)44-30(2)25-36(28-41(44)47-40)46(32-15-7-4-8-16-32)35-21-23-43-38(26-35)37-18-9-10-19-42(37)48-43/h3-28H,1-2H3. The summed E-state index contributed by atoms with van der Waals surface area (Å²) in [5, 5.41) is 4.82. The summed E-state index contributed by atoms with van der Waals surface area (Å²) in [7, 11) is 0. The van der Waals surface area contributed by atoms with Gasteiger partial charge in [0, 0.05) is 65.4 Å². The van der Waals surface area contributed by atoms with Gasteiger partial charge in [0.25, 0.3) is 0 Å². The molecule has 0 N–H and O–H groups in total. The van der Waals surface area contributed by atoms with Crippen LogP contribution in [0, 0.1) is 13.8 Å². The fraction of sp³-hybridized carbons (Fsp3) is 0.0455. The molecule has 9 aromatic rings. The minimum absolute atomic E-state index is 0.877. The molecule has 0 radical (unpaired) electrons. The Labute approximate surface area is 283 Å². The van der Waals surface area contributed by atoms with E-state index in [0.717, 1.165) is 56.1 Å². The molecule has 0 aliphatic heterocycles. The van der Waals surface area contributed by atoms with E-state index in [4.69, 9.17) is 4.42 Å². The Morgan fingerprint density at radius 2 is 1.02 bits per heavy atom. The van der Waals surface area contributed by atoms with Crippen molar-refractivity contribution in [1.82, 2.24) is 0 Å². The summed E-state index contributed by atoms with van der Waals surface area (Å²) in [5.74, 6) is 0. The lowest BCUT2D eigenvalue weighted by Gasteiger charge is -2.26. The molecule has 0 fully saturated rings. The summed E-state index contributed by atoms with van der Waals surface area (Å²) in [5.41, 5.74) is 10.8. The first-order chi connectivity index (χ1) is 23.6. The predicted molar refractivity (Wildman–Crippen MR) is 205 cm³/mol. The van der Waals surface area contributed by atoms with Crippen molar-refractivity contribution in [3.05, 3.63) is 169 Å². The van der Waals surface area contributed by atoms with Crippen LogP contribution in [0.3, 0.4) is 0 Å². The Morgan fingerprint density at radius 3 is 1.77 bits per heavy atom. The zero-order chi connectivity index (χ0) is 32.2. The first kappa shape index (κ1) is 28.4. The number of nitrogens with zero attached hydrogens (tertiary/aromatic N) is 2. The maximum Gasteiger partial charge on any atom is 0.137 e. The van der Waals surface area contributed by atoms with Gasteiger partial charge in [0.1, 0.15) is 11.2 Å². The molecule has 9 rings (SSSR count). The van der Waals surface area contributed by atoms with E-state index in [1.165, 1.54) is 31.3 Å². The third kappa shape index (κ3) is 4.81. The molecule has 0 bridgehead atoms. The van der Waals surface area contributed by atoms with Gasteiger partial charge in [0.2, 0.25) is 0 Å². The van der Waals surface area contributed by atoms with Gasteiger partial charge in [-0.05, 0) is 110 Å². The van der Waals surface area contributed by atoms with Gasteiger partial charge in [-0.3, -0.25) is 0 Å². The Kier molecular flexibility index (Phi) is 6.77. The number of rotatable bonds is 6. The average Bonchev–Trinajstić information content (AvgIpc) is 3.68. The largest absolute Gasteiger partial charge is 0.456 e. The number of benzene rings is 7. The van der Waals surface area contributed by atoms with Gasteiger partial charge in [-0.15, -0.1) is 11.3 Å². The second-order valence-corrected chi connectivity index (χ2v) is 13.5. The van der Waals surface area contributed by atoms with Crippen LogP contribution in [-0.2, 0) is 0 Å². The number of hydrogen-bond acceptors (Lipinski definition) is 4. The molecule has 0 unspecified atom stereocenters. The number of para-hydroxylation sites is 2. The van der Waals surface area contributed by atoms with Crippen LogP contribution in [0.4, 0.5) is 34.1 Å². The molecule has 0 atom stereocenters. The van der Waals surface area contributed by atoms with Crippen LogP contribution in [0.25, 0.3) is 42.1 Å². The number of thiophene rings is 1. The number of aryl methyl sites for hydroxylation is 2. The smallest absolute Gasteiger partial charge is 0.137 e. The normalized spacial score (nSPS) is 11.5. The van der Waals surface area contributed by atoms with Crippen LogP contribution >= 0.6 is 11.3 Å². The third-order valence-electron chi connectivity index (χ3n) is 9.16. The molecule has 2 aromatic heterocycles. The number of furan rings is 1. The Bertz CT molecular complexity index is 2600. The Hall–Kier alpha value is -5.84. The summed E-state index contributed by atoms with van der Waals surface area (Å²) in [6.45, 7) is 4.33. The van der Waals surface area contributed by atoms with E-state index in [2.05, 4.69) is 181 Å². The van der Waals surface area contributed by atoms with Gasteiger partial charge in [-0.25, -0.2) is 0 Å². The van der Waals surface area contributed by atoms with Crippen LogP contribution in [-0.4, -0.2) is 0 Å². The Morgan fingerprint density at radius 1 is 0.417 bits per heavy atom. The fourth-order valence-electron chi connectivity index (χ4n) is 7.02. The van der Waals surface area contributed by atoms with E-state index >= 15 is 0 Å². The van der Waals surface area contributed by atoms with Crippen molar-refractivity contribution in [2.45, 2.75) is 13.8 Å². The summed E-state index contributed by atoms with van der Waals surface area (Å²) in [4.78, 5) is 4.65. The first-order valence-corrected chi connectivity index (χ1v) is 17.1. The molecule has 4 heteroatoms. The van der Waals surface area contributed by atoms with Gasteiger partial charge in [-0.1, -0.05) is 66.7 Å². The van der Waals surface area contributed by atoms with Gasteiger partial charge < -0.3 is 14.2 Å². The van der Waals surface area contributed by atoms with E-state index in [-0.39, 0.29) is 0 Å². The molecule has 0 amide bonds. The highest BCUT2D eigenvalue weighted by Gasteiger charge is 2.20. The second-order valence-electron chi connectivity index (χ2n) is 12.4. The zero-order valence-electron chi connectivity index (χ0n) is 26.7. The number of hydrogen-bond donors (Lipinski definition) is 0. The van der Waals surface area contributed by atoms with E-state index in [1.807, 2.05) is 11.3 Å². The van der Waals surface area contributed by atoms with Gasteiger partial charge in [0.05, 0.1) is 5.69 Å². The van der Waals surface area contributed by atoms with Crippen molar-refractivity contribution >= 4 is 87.6 Å². The molecular weight excluding hydrogens is 605 g/mol. The van der Waals surface area contributed by atoms with Crippen molar-refractivity contribution in [3.63, 3.8) is 0 Å². The van der Waals surface area contributed by atoms with Gasteiger partial charge in [0.15, 0.2) is 0 Å². The highest BCUT2D eigenvalue weighted by Crippen LogP contribution is 2.44. The number of anilines is 6. The fourth-order valence-corrected chi connectivity index (χ4v) is 8.11. The molecule has 3 nitrogen and oxygen atoms in total. The van der Waals surface area contributed by atoms with Crippen molar-refractivity contribution < 1.29 is 4.42 Å². The third-order valence-corrected chi connectivity index (χ3v) is 10.3. The van der Waals surface area contributed by atoms with Crippen LogP contribution in [0.1, 0.15) is 11.1 Å². The second kappa shape index (κ2) is 11.4. The summed E-state index contributed by atoms with van der Waals surface area (Å²) >= 11 is 1.84. The molecule has 2 heterocycles. The number of fused-ring (bicyclic) bond motifs is 6. The van der Waals surface area contributed by atoms with Crippen LogP contribution in [0.5, 0.6) is 0 Å². The molecule has 0 aliphatic carbocycles. The Balaban J connectivity index is 1.21. The molecule has 7 aromatic carbocycles. The lowest BCUT2D eigenvalue weighted by atomic mass is 10.0. The van der Waals surface area contributed by atoms with E-state index in [0.29, 0.717) is 0 Å². The van der Waals surface area contributed by atoms with Gasteiger partial charge >= 0.3 is 0 Å². The highest BCUT2D eigenvalue weighted by atomic mass is 32.1. The monoisotopic (exact) mass is 636 g/mol. The molecule has 230 valence electrons. The van der Waals surface area contributed by atoms with Crippen molar-refractivity contribution in [2.75, 3.05) is 9.80 Å². The van der Waals surface area contributed by atoms with Crippen molar-refractivity contribution in [3.8, 4) is 0 Å². The SMILES string of the molecule is Cc1cccc(N(c2ccccc2)c2ccc3oc4cc(N(c5ccccc5)c5ccc6sc7ccccc7c6c5)cc(C)c4c3c2)c1. The predicted octanol–water partition coefficient (Wildman–Crippen LogP) is 13.5. The average molecular weight is 637 g/mol. The molecule has 0 aliphatic rings. The minimum Gasteiger partial charge on any atom is -0.456 e. The minimum atomic E-state index is 0.877. The van der Waals surface area contributed by atoms with Gasteiger partial charge in [-0.2, -0.15) is 0 Å². The molecule has 0 saturated heterocycles. The first-order valence-electron chi connectivity index (χ1n) is 16.3. The van der Waals surface area contributed by atoms with E-state index in [1.54, 1.807) is 0 Å². The molecule has 0 saturated carbocycles. The van der Waals surface area contributed by atoms with Crippen LogP contribution in [0.15, 0.2) is 162 Å². The van der Waals surface area contributed by atoms with E-state index < -0.39 is 0 Å². The van der Waals surface area contributed by atoms with Crippen LogP contribution in [0.2, 0.25) is 0 Å². The van der Waals surface area contributed by atoms with E-state index in [9.17, 15) is 0 Å². The quantitative estimate of drug-likeness (QED) is 0.181. The lowest BCUT2D eigenvalue weighted by Crippen LogP contribution is -2.10. The highest BCUT2D eigenvalue weighted by molar-refractivity contribution is 7.25. The van der Waals surface area contributed by atoms with Crippen molar-refractivity contribution in [1.29, 1.82) is 0 Å².